The molecule has 0 saturated carbocycles. The van der Waals surface area contributed by atoms with Crippen LogP contribution in [0.5, 0.6) is 5.75 Å². The Morgan fingerprint density at radius 3 is 2.29 bits per heavy atom. The van der Waals surface area contributed by atoms with E-state index in [1.54, 1.807) is 7.11 Å². The van der Waals surface area contributed by atoms with Crippen LogP contribution in [0.25, 0.3) is 0 Å². The van der Waals surface area contributed by atoms with Crippen molar-refractivity contribution in [1.82, 2.24) is 0 Å². The maximum atomic E-state index is 12.9. The van der Waals surface area contributed by atoms with Gasteiger partial charge in [0.25, 0.3) is 0 Å². The first-order valence-electron chi connectivity index (χ1n) is 6.75. The van der Waals surface area contributed by atoms with Crippen LogP contribution in [0.4, 0.5) is 4.39 Å². The zero-order valence-corrected chi connectivity index (χ0v) is 14.1. The number of hydrogen-bond acceptors (Lipinski definition) is 1. The Balaban J connectivity index is 2.05. The van der Waals surface area contributed by atoms with Gasteiger partial charge in [0.2, 0.25) is 0 Å². The average molecular weight is 372 g/mol. The van der Waals surface area contributed by atoms with E-state index in [2.05, 4.69) is 22.0 Å². The fourth-order valence-electron chi connectivity index (χ4n) is 2.31. The van der Waals surface area contributed by atoms with Gasteiger partial charge in [0.05, 0.1) is 11.6 Å². The van der Waals surface area contributed by atoms with Crippen LogP contribution in [0.1, 0.15) is 11.1 Å². The summed E-state index contributed by atoms with van der Waals surface area (Å²) in [6.45, 7) is 0. The highest BCUT2D eigenvalue weighted by Gasteiger charge is 2.11. The van der Waals surface area contributed by atoms with Gasteiger partial charge in [0, 0.05) is 5.88 Å². The molecule has 1 unspecified atom stereocenters. The number of methoxy groups -OCH3 is 1. The van der Waals surface area contributed by atoms with Gasteiger partial charge in [-0.25, -0.2) is 4.39 Å². The summed E-state index contributed by atoms with van der Waals surface area (Å²) >= 11 is 9.58. The largest absolute Gasteiger partial charge is 0.496 e. The van der Waals surface area contributed by atoms with E-state index in [0.717, 1.165) is 28.6 Å². The molecule has 0 aromatic heterocycles. The molecule has 0 N–H and O–H groups in total. The molecule has 1 nitrogen and oxygen atoms in total. The maximum Gasteiger partial charge on any atom is 0.133 e. The summed E-state index contributed by atoms with van der Waals surface area (Å²) in [6.07, 6.45) is 1.72. The van der Waals surface area contributed by atoms with Crippen LogP contribution in [-0.4, -0.2) is 13.0 Å². The van der Waals surface area contributed by atoms with E-state index in [0.29, 0.717) is 11.8 Å². The van der Waals surface area contributed by atoms with E-state index in [4.69, 9.17) is 16.3 Å². The van der Waals surface area contributed by atoms with Crippen molar-refractivity contribution in [2.75, 3.05) is 13.0 Å². The number of halogens is 3. The second kappa shape index (κ2) is 7.81. The van der Waals surface area contributed by atoms with Crippen LogP contribution in [0, 0.1) is 11.7 Å². The van der Waals surface area contributed by atoms with Gasteiger partial charge in [-0.1, -0.05) is 18.2 Å². The minimum absolute atomic E-state index is 0.208. The highest BCUT2D eigenvalue weighted by atomic mass is 79.9. The molecule has 0 saturated heterocycles. The predicted octanol–water partition coefficient (Wildman–Crippen LogP) is 5.24. The summed E-state index contributed by atoms with van der Waals surface area (Å²) in [5, 5.41) is 0. The number of ether oxygens (including phenoxy) is 1. The lowest BCUT2D eigenvalue weighted by Gasteiger charge is -2.15. The third-order valence-corrected chi connectivity index (χ3v) is 4.45. The molecule has 2 aromatic rings. The number of rotatable bonds is 6. The van der Waals surface area contributed by atoms with Gasteiger partial charge in [0.15, 0.2) is 0 Å². The normalized spacial score (nSPS) is 12.2. The Hall–Kier alpha value is -1.06. The third-order valence-electron chi connectivity index (χ3n) is 3.40. The van der Waals surface area contributed by atoms with Crippen LogP contribution < -0.4 is 4.74 Å². The molecule has 0 aliphatic carbocycles. The second-order valence-corrected chi connectivity index (χ2v) is 6.19. The molecule has 0 aliphatic heterocycles. The zero-order valence-electron chi connectivity index (χ0n) is 11.8. The van der Waals surface area contributed by atoms with Crippen molar-refractivity contribution in [3.05, 3.63) is 63.9 Å². The van der Waals surface area contributed by atoms with Crippen LogP contribution in [-0.2, 0) is 12.8 Å². The summed E-state index contributed by atoms with van der Waals surface area (Å²) in [6, 6.07) is 12.7. The summed E-state index contributed by atoms with van der Waals surface area (Å²) in [5.41, 5.74) is 2.31. The van der Waals surface area contributed by atoms with E-state index in [1.807, 2.05) is 24.3 Å². The maximum absolute atomic E-state index is 12.9. The molecule has 21 heavy (non-hydrogen) atoms. The molecular formula is C17H17BrClFO. The van der Waals surface area contributed by atoms with Gasteiger partial charge in [-0.15, -0.1) is 11.6 Å². The second-order valence-electron chi connectivity index (χ2n) is 5.02. The monoisotopic (exact) mass is 370 g/mol. The molecule has 1 atom stereocenters. The van der Waals surface area contributed by atoms with Crippen molar-refractivity contribution in [3.63, 3.8) is 0 Å². The van der Waals surface area contributed by atoms with Crippen LogP contribution >= 0.6 is 27.5 Å². The molecule has 4 heteroatoms. The summed E-state index contributed by atoms with van der Waals surface area (Å²) in [7, 11) is 1.65. The van der Waals surface area contributed by atoms with Gasteiger partial charge in [0.1, 0.15) is 11.6 Å². The molecular weight excluding hydrogens is 355 g/mol. The fraction of sp³-hybridized carbons (Fsp3) is 0.294. The van der Waals surface area contributed by atoms with E-state index in [1.165, 1.54) is 17.7 Å². The molecule has 0 fully saturated rings. The minimum atomic E-state index is -0.208. The van der Waals surface area contributed by atoms with Gasteiger partial charge in [-0.05, 0) is 70.1 Å². The number of alkyl halides is 1. The first-order chi connectivity index (χ1) is 10.1. The van der Waals surface area contributed by atoms with Crippen molar-refractivity contribution in [2.24, 2.45) is 5.92 Å². The van der Waals surface area contributed by atoms with E-state index < -0.39 is 0 Å². The predicted molar refractivity (Wildman–Crippen MR) is 88.7 cm³/mol. The highest BCUT2D eigenvalue weighted by molar-refractivity contribution is 9.10. The number of hydrogen-bond donors (Lipinski definition) is 0. The molecule has 0 spiro atoms. The third kappa shape index (κ3) is 4.72. The van der Waals surface area contributed by atoms with Gasteiger partial charge >= 0.3 is 0 Å². The van der Waals surface area contributed by atoms with Crippen molar-refractivity contribution in [3.8, 4) is 5.75 Å². The molecule has 0 heterocycles. The van der Waals surface area contributed by atoms with Gasteiger partial charge in [-0.2, -0.15) is 0 Å². The smallest absolute Gasteiger partial charge is 0.133 e. The van der Waals surface area contributed by atoms with Gasteiger partial charge in [-0.3, -0.25) is 0 Å². The molecule has 0 radical (unpaired) electrons. The highest BCUT2D eigenvalue weighted by Crippen LogP contribution is 2.27. The van der Waals surface area contributed by atoms with Gasteiger partial charge < -0.3 is 4.74 Å². The average Bonchev–Trinajstić information content (AvgIpc) is 2.49. The topological polar surface area (TPSA) is 9.23 Å². The van der Waals surface area contributed by atoms with Crippen molar-refractivity contribution < 1.29 is 9.13 Å². The van der Waals surface area contributed by atoms with Crippen molar-refractivity contribution in [1.29, 1.82) is 0 Å². The molecule has 2 rings (SSSR count). The van der Waals surface area contributed by atoms with Crippen molar-refractivity contribution >= 4 is 27.5 Å². The minimum Gasteiger partial charge on any atom is -0.496 e. The zero-order chi connectivity index (χ0) is 15.2. The Morgan fingerprint density at radius 1 is 1.10 bits per heavy atom. The SMILES string of the molecule is COc1ccc(CC(CCl)Cc2ccc(F)cc2)cc1Br. The number of benzene rings is 2. The molecule has 0 aliphatic rings. The Labute approximate surface area is 138 Å². The van der Waals surface area contributed by atoms with E-state index in [9.17, 15) is 4.39 Å². The summed E-state index contributed by atoms with van der Waals surface area (Å²) in [5.74, 6) is 1.50. The van der Waals surface area contributed by atoms with Crippen LogP contribution in [0.3, 0.4) is 0 Å². The standard InChI is InChI=1S/C17H17BrClFO/c1-21-17-7-4-13(10-16(17)18)9-14(11-19)8-12-2-5-15(20)6-3-12/h2-7,10,14H,8-9,11H2,1H3. The van der Waals surface area contributed by atoms with Crippen LogP contribution in [0.2, 0.25) is 0 Å². The van der Waals surface area contributed by atoms with Crippen LogP contribution in [0.15, 0.2) is 46.9 Å². The first-order valence-corrected chi connectivity index (χ1v) is 8.08. The Bertz CT molecular complexity index is 586. The molecule has 0 amide bonds. The molecule has 2 aromatic carbocycles. The Morgan fingerprint density at radius 2 is 1.71 bits per heavy atom. The summed E-state index contributed by atoms with van der Waals surface area (Å²) in [4.78, 5) is 0. The summed E-state index contributed by atoms with van der Waals surface area (Å²) < 4.78 is 19.1. The quantitative estimate of drug-likeness (QED) is 0.631. The lowest BCUT2D eigenvalue weighted by atomic mass is 9.94. The lowest BCUT2D eigenvalue weighted by Crippen LogP contribution is -2.10. The van der Waals surface area contributed by atoms with Crippen molar-refractivity contribution in [2.45, 2.75) is 12.8 Å². The molecule has 0 bridgehead atoms. The van der Waals surface area contributed by atoms with E-state index >= 15 is 0 Å². The first kappa shape index (κ1) is 16.3. The Kier molecular flexibility index (Phi) is 6.07. The fourth-order valence-corrected chi connectivity index (χ4v) is 3.11. The molecule has 112 valence electrons. The lowest BCUT2D eigenvalue weighted by molar-refractivity contribution is 0.412. The van der Waals surface area contributed by atoms with E-state index in [-0.39, 0.29) is 5.82 Å².